The summed E-state index contributed by atoms with van der Waals surface area (Å²) in [5, 5.41) is 12.2. The van der Waals surface area contributed by atoms with E-state index in [0.29, 0.717) is 6.42 Å². The van der Waals surface area contributed by atoms with Crippen LogP contribution in [-0.4, -0.2) is 33.2 Å². The van der Waals surface area contributed by atoms with Gasteiger partial charge in [-0.05, 0) is 25.5 Å². The monoisotopic (exact) mass is 261 g/mol. The number of hydrogen-bond acceptors (Lipinski definition) is 3. The fraction of sp³-hybridized carbons (Fsp3) is 0.429. The van der Waals surface area contributed by atoms with Crippen LogP contribution < -0.4 is 5.32 Å². The summed E-state index contributed by atoms with van der Waals surface area (Å²) in [7, 11) is 0. The SMILES string of the molecule is CCC(O)CNC(=O)C(C)n1cnc2ccccc21. The number of aliphatic hydroxyl groups excluding tert-OH is 1. The highest BCUT2D eigenvalue weighted by molar-refractivity contribution is 5.83. The summed E-state index contributed by atoms with van der Waals surface area (Å²) >= 11 is 0. The number of fused-ring (bicyclic) bond motifs is 1. The highest BCUT2D eigenvalue weighted by atomic mass is 16.3. The summed E-state index contributed by atoms with van der Waals surface area (Å²) in [6.45, 7) is 3.98. The van der Waals surface area contributed by atoms with Crippen molar-refractivity contribution in [3.8, 4) is 0 Å². The van der Waals surface area contributed by atoms with Gasteiger partial charge in [0.1, 0.15) is 6.04 Å². The molecular weight excluding hydrogens is 242 g/mol. The molecule has 1 aromatic heterocycles. The fourth-order valence-electron chi connectivity index (χ4n) is 1.92. The summed E-state index contributed by atoms with van der Waals surface area (Å²) in [4.78, 5) is 16.3. The number of carbonyl (C=O) groups is 1. The average molecular weight is 261 g/mol. The molecule has 2 N–H and O–H groups in total. The van der Waals surface area contributed by atoms with Gasteiger partial charge in [0, 0.05) is 6.54 Å². The number of imidazole rings is 1. The average Bonchev–Trinajstić information content (AvgIpc) is 2.87. The zero-order valence-electron chi connectivity index (χ0n) is 11.2. The van der Waals surface area contributed by atoms with Gasteiger partial charge in [-0.25, -0.2) is 4.98 Å². The Morgan fingerprint density at radius 3 is 2.95 bits per heavy atom. The van der Waals surface area contributed by atoms with Crippen molar-refractivity contribution >= 4 is 16.9 Å². The molecule has 5 nitrogen and oxygen atoms in total. The number of nitrogens with one attached hydrogen (secondary N) is 1. The smallest absolute Gasteiger partial charge is 0.242 e. The number of carbonyl (C=O) groups excluding carboxylic acids is 1. The lowest BCUT2D eigenvalue weighted by Crippen LogP contribution is -2.36. The molecule has 1 aromatic carbocycles. The molecule has 0 spiro atoms. The first-order valence-electron chi connectivity index (χ1n) is 6.50. The van der Waals surface area contributed by atoms with Crippen LogP contribution in [0, 0.1) is 0 Å². The normalized spacial score (nSPS) is 14.3. The van der Waals surface area contributed by atoms with Gasteiger partial charge in [0.2, 0.25) is 5.91 Å². The molecule has 2 atom stereocenters. The summed E-state index contributed by atoms with van der Waals surface area (Å²) < 4.78 is 1.84. The maximum atomic E-state index is 12.0. The summed E-state index contributed by atoms with van der Waals surface area (Å²) in [5.74, 6) is -0.115. The Morgan fingerprint density at radius 2 is 2.21 bits per heavy atom. The molecule has 1 amide bonds. The molecule has 0 fully saturated rings. The van der Waals surface area contributed by atoms with Crippen LogP contribution in [0.25, 0.3) is 11.0 Å². The third-order valence-electron chi connectivity index (χ3n) is 3.26. The largest absolute Gasteiger partial charge is 0.391 e. The number of amides is 1. The van der Waals surface area contributed by atoms with E-state index in [-0.39, 0.29) is 18.5 Å². The van der Waals surface area contributed by atoms with Crippen molar-refractivity contribution < 1.29 is 9.90 Å². The van der Waals surface area contributed by atoms with Gasteiger partial charge >= 0.3 is 0 Å². The Kier molecular flexibility index (Phi) is 4.16. The number of rotatable bonds is 5. The van der Waals surface area contributed by atoms with Crippen molar-refractivity contribution in [2.45, 2.75) is 32.4 Å². The molecule has 0 radical (unpaired) electrons. The van der Waals surface area contributed by atoms with Gasteiger partial charge in [-0.3, -0.25) is 4.79 Å². The number of nitrogens with zero attached hydrogens (tertiary/aromatic N) is 2. The van der Waals surface area contributed by atoms with Crippen molar-refractivity contribution in [2.24, 2.45) is 0 Å². The molecule has 2 unspecified atom stereocenters. The van der Waals surface area contributed by atoms with E-state index < -0.39 is 6.10 Å². The van der Waals surface area contributed by atoms with E-state index >= 15 is 0 Å². The van der Waals surface area contributed by atoms with Crippen LogP contribution in [-0.2, 0) is 4.79 Å². The molecule has 19 heavy (non-hydrogen) atoms. The zero-order valence-corrected chi connectivity index (χ0v) is 11.2. The van der Waals surface area contributed by atoms with E-state index in [1.807, 2.05) is 42.7 Å². The number of aliphatic hydroxyl groups is 1. The first-order chi connectivity index (χ1) is 9.13. The van der Waals surface area contributed by atoms with Crippen LogP contribution in [0.5, 0.6) is 0 Å². The first kappa shape index (κ1) is 13.5. The van der Waals surface area contributed by atoms with Gasteiger partial charge in [0.15, 0.2) is 0 Å². The van der Waals surface area contributed by atoms with Gasteiger partial charge in [-0.1, -0.05) is 19.1 Å². The number of para-hydroxylation sites is 2. The van der Waals surface area contributed by atoms with E-state index in [0.717, 1.165) is 11.0 Å². The van der Waals surface area contributed by atoms with Gasteiger partial charge in [-0.2, -0.15) is 0 Å². The number of hydrogen-bond donors (Lipinski definition) is 2. The lowest BCUT2D eigenvalue weighted by atomic mass is 10.2. The molecule has 0 aliphatic carbocycles. The molecule has 1 heterocycles. The molecular formula is C14H19N3O2. The molecule has 2 rings (SSSR count). The Bertz CT molecular complexity index is 565. The molecule has 0 aliphatic rings. The highest BCUT2D eigenvalue weighted by Crippen LogP contribution is 2.17. The van der Waals surface area contributed by atoms with E-state index in [1.54, 1.807) is 6.33 Å². The molecule has 0 saturated carbocycles. The predicted molar refractivity (Wildman–Crippen MR) is 73.8 cm³/mol. The Balaban J connectivity index is 2.10. The third-order valence-corrected chi connectivity index (χ3v) is 3.26. The van der Waals surface area contributed by atoms with Crippen LogP contribution >= 0.6 is 0 Å². The van der Waals surface area contributed by atoms with Gasteiger partial charge in [-0.15, -0.1) is 0 Å². The topological polar surface area (TPSA) is 67.2 Å². The van der Waals surface area contributed by atoms with Crippen LogP contribution in [0.2, 0.25) is 0 Å². The maximum Gasteiger partial charge on any atom is 0.242 e. The quantitative estimate of drug-likeness (QED) is 0.856. The lowest BCUT2D eigenvalue weighted by molar-refractivity contribution is -0.124. The standard InChI is InChI=1S/C14H19N3O2/c1-3-11(18)8-15-14(19)10(2)17-9-16-12-6-4-5-7-13(12)17/h4-7,9-11,18H,3,8H2,1-2H3,(H,15,19). The van der Waals surface area contributed by atoms with Gasteiger partial charge in [0.25, 0.3) is 0 Å². The third kappa shape index (κ3) is 2.93. The van der Waals surface area contributed by atoms with Crippen molar-refractivity contribution in [3.05, 3.63) is 30.6 Å². The molecule has 0 aliphatic heterocycles. The zero-order chi connectivity index (χ0) is 13.8. The minimum absolute atomic E-state index is 0.115. The number of aromatic nitrogens is 2. The second kappa shape index (κ2) is 5.84. The van der Waals surface area contributed by atoms with E-state index in [9.17, 15) is 9.90 Å². The fourth-order valence-corrected chi connectivity index (χ4v) is 1.92. The summed E-state index contributed by atoms with van der Waals surface area (Å²) in [6.07, 6.45) is 1.81. The predicted octanol–water partition coefficient (Wildman–Crippen LogP) is 1.48. The molecule has 0 bridgehead atoms. The van der Waals surface area contributed by atoms with E-state index in [2.05, 4.69) is 10.3 Å². The molecule has 2 aromatic rings. The van der Waals surface area contributed by atoms with Crippen molar-refractivity contribution in [3.63, 3.8) is 0 Å². The van der Waals surface area contributed by atoms with Crippen LogP contribution in [0.3, 0.4) is 0 Å². The summed E-state index contributed by atoms with van der Waals surface area (Å²) in [6, 6.07) is 7.34. The molecule has 102 valence electrons. The Labute approximate surface area is 112 Å². The summed E-state index contributed by atoms with van der Waals surface area (Å²) in [5.41, 5.74) is 1.80. The Morgan fingerprint density at radius 1 is 1.47 bits per heavy atom. The van der Waals surface area contributed by atoms with Gasteiger partial charge in [0.05, 0.1) is 23.5 Å². The van der Waals surface area contributed by atoms with Gasteiger partial charge < -0.3 is 15.0 Å². The Hall–Kier alpha value is -1.88. The minimum Gasteiger partial charge on any atom is -0.391 e. The van der Waals surface area contributed by atoms with E-state index in [1.165, 1.54) is 0 Å². The van der Waals surface area contributed by atoms with Crippen molar-refractivity contribution in [2.75, 3.05) is 6.54 Å². The minimum atomic E-state index is -0.490. The molecule has 5 heteroatoms. The van der Waals surface area contributed by atoms with Crippen molar-refractivity contribution in [1.29, 1.82) is 0 Å². The molecule has 0 saturated heterocycles. The highest BCUT2D eigenvalue weighted by Gasteiger charge is 2.17. The van der Waals surface area contributed by atoms with Crippen LogP contribution in [0.15, 0.2) is 30.6 Å². The van der Waals surface area contributed by atoms with Crippen molar-refractivity contribution in [1.82, 2.24) is 14.9 Å². The van der Waals surface area contributed by atoms with Crippen LogP contribution in [0.4, 0.5) is 0 Å². The van der Waals surface area contributed by atoms with E-state index in [4.69, 9.17) is 0 Å². The first-order valence-corrected chi connectivity index (χ1v) is 6.50. The van der Waals surface area contributed by atoms with Crippen LogP contribution in [0.1, 0.15) is 26.3 Å². The second-order valence-corrected chi connectivity index (χ2v) is 4.62. The lowest BCUT2D eigenvalue weighted by Gasteiger charge is -2.16. The maximum absolute atomic E-state index is 12.0. The second-order valence-electron chi connectivity index (χ2n) is 4.62. The number of benzene rings is 1.